The molecule has 14 heavy (non-hydrogen) atoms. The maximum atomic E-state index is 11.9. The van der Waals surface area contributed by atoms with Crippen LogP contribution in [-0.2, 0) is 5.33 Å². The molecule has 0 fully saturated rings. The first-order chi connectivity index (χ1) is 6.42. The van der Waals surface area contributed by atoms with Gasteiger partial charge in [0.15, 0.2) is 0 Å². The van der Waals surface area contributed by atoms with Crippen LogP contribution in [0.5, 0.6) is 11.5 Å². The van der Waals surface area contributed by atoms with Crippen LogP contribution in [0.25, 0.3) is 0 Å². The highest BCUT2D eigenvalue weighted by molar-refractivity contribution is 9.08. The molecule has 0 aromatic heterocycles. The normalized spacial score (nSPS) is 11.4. The second-order valence-electron chi connectivity index (χ2n) is 2.47. The monoisotopic (exact) mass is 270 g/mol. The number of hydrogen-bond donors (Lipinski definition) is 1. The molecule has 6 heteroatoms. The van der Waals surface area contributed by atoms with Crippen molar-refractivity contribution >= 4 is 15.9 Å². The highest BCUT2D eigenvalue weighted by Gasteiger charge is 2.32. The van der Waals surface area contributed by atoms with Gasteiger partial charge in [0.05, 0.1) is 0 Å². The Labute approximate surface area is 86.4 Å². The third kappa shape index (κ3) is 3.10. The van der Waals surface area contributed by atoms with Crippen LogP contribution in [0.15, 0.2) is 18.2 Å². The number of phenols is 1. The zero-order chi connectivity index (χ0) is 10.8. The SMILES string of the molecule is Oc1ccc(CBr)c(OC(F)(F)F)c1. The molecule has 0 aliphatic heterocycles. The van der Waals surface area contributed by atoms with Crippen molar-refractivity contribution in [1.82, 2.24) is 0 Å². The number of hydrogen-bond acceptors (Lipinski definition) is 2. The van der Waals surface area contributed by atoms with Gasteiger partial charge in [-0.15, -0.1) is 13.2 Å². The van der Waals surface area contributed by atoms with Crippen LogP contribution in [0, 0.1) is 0 Å². The Morgan fingerprint density at radius 2 is 2.00 bits per heavy atom. The van der Waals surface area contributed by atoms with Crippen LogP contribution >= 0.6 is 15.9 Å². The Balaban J connectivity index is 2.99. The summed E-state index contributed by atoms with van der Waals surface area (Å²) >= 11 is 3.01. The number of phenolic OH excluding ortho intramolecular Hbond substituents is 1. The average molecular weight is 271 g/mol. The predicted octanol–water partition coefficient (Wildman–Crippen LogP) is 3.19. The fourth-order valence-electron chi connectivity index (χ4n) is 0.873. The zero-order valence-electron chi connectivity index (χ0n) is 6.81. The lowest BCUT2D eigenvalue weighted by Gasteiger charge is -2.11. The molecule has 0 saturated carbocycles. The van der Waals surface area contributed by atoms with E-state index in [1.165, 1.54) is 12.1 Å². The molecular weight excluding hydrogens is 265 g/mol. The summed E-state index contributed by atoms with van der Waals surface area (Å²) in [5.74, 6) is -0.664. The lowest BCUT2D eigenvalue weighted by molar-refractivity contribution is -0.274. The highest BCUT2D eigenvalue weighted by Crippen LogP contribution is 2.30. The molecule has 0 bridgehead atoms. The van der Waals surface area contributed by atoms with Gasteiger partial charge in [-0.3, -0.25) is 0 Å². The van der Waals surface area contributed by atoms with Crippen molar-refractivity contribution in [3.8, 4) is 11.5 Å². The second-order valence-corrected chi connectivity index (χ2v) is 3.03. The third-order valence-corrected chi connectivity index (χ3v) is 2.02. The van der Waals surface area contributed by atoms with E-state index in [9.17, 15) is 13.2 Å². The van der Waals surface area contributed by atoms with Crippen LogP contribution in [-0.4, -0.2) is 11.5 Å². The number of rotatable bonds is 2. The van der Waals surface area contributed by atoms with Gasteiger partial charge in [-0.05, 0) is 6.07 Å². The van der Waals surface area contributed by atoms with Crippen molar-refractivity contribution < 1.29 is 23.0 Å². The predicted molar refractivity (Wildman–Crippen MR) is 47.4 cm³/mol. The van der Waals surface area contributed by atoms with Gasteiger partial charge in [0, 0.05) is 17.0 Å². The molecule has 1 N–H and O–H groups in total. The first kappa shape index (κ1) is 11.2. The van der Waals surface area contributed by atoms with Crippen molar-refractivity contribution in [2.24, 2.45) is 0 Å². The van der Waals surface area contributed by atoms with Gasteiger partial charge in [-0.25, -0.2) is 0 Å². The van der Waals surface area contributed by atoms with E-state index in [-0.39, 0.29) is 11.1 Å². The smallest absolute Gasteiger partial charge is 0.508 e. The molecular formula is C8H6BrF3O2. The molecule has 2 nitrogen and oxygen atoms in total. The van der Waals surface area contributed by atoms with Crippen molar-refractivity contribution in [2.45, 2.75) is 11.7 Å². The molecule has 0 radical (unpaired) electrons. The lowest BCUT2D eigenvalue weighted by atomic mass is 10.2. The van der Waals surface area contributed by atoms with Crippen molar-refractivity contribution in [3.63, 3.8) is 0 Å². The molecule has 1 aromatic rings. The fourth-order valence-corrected chi connectivity index (χ4v) is 1.34. The summed E-state index contributed by atoms with van der Waals surface area (Å²) in [5, 5.41) is 9.19. The maximum Gasteiger partial charge on any atom is 0.573 e. The van der Waals surface area contributed by atoms with E-state index in [2.05, 4.69) is 20.7 Å². The minimum Gasteiger partial charge on any atom is -0.508 e. The average Bonchev–Trinajstić information content (AvgIpc) is 2.01. The molecule has 0 heterocycles. The molecule has 0 aliphatic carbocycles. The van der Waals surface area contributed by atoms with Gasteiger partial charge in [-0.2, -0.15) is 0 Å². The van der Waals surface area contributed by atoms with Crippen molar-refractivity contribution in [1.29, 1.82) is 0 Å². The molecule has 0 amide bonds. The topological polar surface area (TPSA) is 29.5 Å². The van der Waals surface area contributed by atoms with Gasteiger partial charge in [0.2, 0.25) is 0 Å². The Kier molecular flexibility index (Phi) is 3.25. The van der Waals surface area contributed by atoms with Crippen molar-refractivity contribution in [3.05, 3.63) is 23.8 Å². The van der Waals surface area contributed by atoms with Crippen LogP contribution in [0.4, 0.5) is 13.2 Å². The first-order valence-electron chi connectivity index (χ1n) is 3.56. The van der Waals surface area contributed by atoms with Gasteiger partial charge in [0.1, 0.15) is 11.5 Å². The maximum absolute atomic E-state index is 11.9. The first-order valence-corrected chi connectivity index (χ1v) is 4.68. The fraction of sp³-hybridized carbons (Fsp3) is 0.250. The van der Waals surface area contributed by atoms with Crippen LogP contribution in [0.2, 0.25) is 0 Å². The Morgan fingerprint density at radius 1 is 1.36 bits per heavy atom. The quantitative estimate of drug-likeness (QED) is 0.837. The van der Waals surface area contributed by atoms with Gasteiger partial charge < -0.3 is 9.84 Å². The van der Waals surface area contributed by atoms with E-state index in [0.29, 0.717) is 5.56 Å². The van der Waals surface area contributed by atoms with E-state index in [1.807, 2.05) is 0 Å². The van der Waals surface area contributed by atoms with Gasteiger partial charge in [0.25, 0.3) is 0 Å². The number of ether oxygens (including phenoxy) is 1. The van der Waals surface area contributed by atoms with E-state index in [4.69, 9.17) is 5.11 Å². The summed E-state index contributed by atoms with van der Waals surface area (Å²) in [5.41, 5.74) is 0.320. The Morgan fingerprint density at radius 3 is 2.50 bits per heavy atom. The summed E-state index contributed by atoms with van der Waals surface area (Å²) in [6.45, 7) is 0. The molecule has 0 unspecified atom stereocenters. The Hall–Kier alpha value is -0.910. The lowest BCUT2D eigenvalue weighted by Crippen LogP contribution is -2.17. The zero-order valence-corrected chi connectivity index (χ0v) is 8.39. The Bertz CT molecular complexity index is 325. The number of alkyl halides is 4. The summed E-state index contributed by atoms with van der Waals surface area (Å²) < 4.78 is 39.3. The van der Waals surface area contributed by atoms with Crippen LogP contribution < -0.4 is 4.74 Å². The molecule has 1 aromatic carbocycles. The highest BCUT2D eigenvalue weighted by atomic mass is 79.9. The van der Waals surface area contributed by atoms with Gasteiger partial charge in [-0.1, -0.05) is 22.0 Å². The van der Waals surface area contributed by atoms with Crippen LogP contribution in [0.1, 0.15) is 5.56 Å². The van der Waals surface area contributed by atoms with E-state index in [0.717, 1.165) is 6.07 Å². The standard InChI is InChI=1S/C8H6BrF3O2/c9-4-5-1-2-6(13)3-7(5)14-8(10,11)12/h1-3,13H,4H2. The molecule has 0 atom stereocenters. The number of halogens is 4. The molecule has 0 aliphatic rings. The van der Waals surface area contributed by atoms with Gasteiger partial charge >= 0.3 is 6.36 Å². The number of aromatic hydroxyl groups is 1. The molecule has 0 saturated heterocycles. The molecule has 1 rings (SSSR count). The van der Waals surface area contributed by atoms with E-state index in [1.54, 1.807) is 0 Å². The molecule has 78 valence electrons. The summed E-state index contributed by atoms with van der Waals surface area (Å²) in [6, 6.07) is 3.56. The summed E-state index contributed by atoms with van der Waals surface area (Å²) in [7, 11) is 0. The van der Waals surface area contributed by atoms with E-state index < -0.39 is 12.1 Å². The summed E-state index contributed by atoms with van der Waals surface area (Å²) in [6.07, 6.45) is -4.75. The van der Waals surface area contributed by atoms with Crippen LogP contribution in [0.3, 0.4) is 0 Å². The minimum atomic E-state index is -4.75. The minimum absolute atomic E-state index is 0.221. The molecule has 0 spiro atoms. The summed E-state index contributed by atoms with van der Waals surface area (Å²) in [4.78, 5) is 0. The van der Waals surface area contributed by atoms with Crippen molar-refractivity contribution in [2.75, 3.05) is 0 Å². The largest absolute Gasteiger partial charge is 0.573 e. The second kappa shape index (κ2) is 4.08. The number of benzene rings is 1. The third-order valence-electron chi connectivity index (χ3n) is 1.42. The van der Waals surface area contributed by atoms with E-state index >= 15 is 0 Å².